The van der Waals surface area contributed by atoms with Crippen LogP contribution in [0.2, 0.25) is 0 Å². The molecule has 6 aliphatic rings. The molecule has 0 aromatic rings. The predicted octanol–water partition coefficient (Wildman–Crippen LogP) is -10.2. The van der Waals surface area contributed by atoms with E-state index in [1.54, 1.807) is 0 Å². The van der Waals surface area contributed by atoms with Gasteiger partial charge in [-0.2, -0.15) is 5.26 Å². The normalized spacial score (nSPS) is 46.0. The van der Waals surface area contributed by atoms with E-state index in [4.69, 9.17) is 62.8 Å². The van der Waals surface area contributed by atoms with E-state index in [1.807, 2.05) is 6.07 Å². The van der Waals surface area contributed by atoms with Crippen LogP contribution in [0.5, 0.6) is 0 Å². The summed E-state index contributed by atoms with van der Waals surface area (Å²) in [5, 5.41) is 185. The van der Waals surface area contributed by atoms with Crippen LogP contribution in [-0.2, 0) is 61.7 Å². The SMILES string of the molecule is CC(=O)NC1C(O[C@@H]2O[C@@H](CO)[C@H](O)C(O)C2O)[C@H](O[C@@H]2OC(C)[C@@H](O)[C@H](O)C2O)[C@H](CO)O[C@H]1SCC#N.COC(=N)CS[C@@H]1O[C@@H](CO)[C@@H](O[C@@H]2OC(C)[C@@H](O)[C@H](O)C2O)C(O[C@@H]2O[C@@H](CO)[C@H](O)C(O)C2O)C1NC(C)=O. The van der Waals surface area contributed by atoms with Crippen molar-refractivity contribution in [1.82, 2.24) is 10.6 Å². The molecular weight excluding hydrogens is 1120 g/mol. The van der Waals surface area contributed by atoms with Crippen LogP contribution in [0.15, 0.2) is 0 Å². The fourth-order valence-corrected chi connectivity index (χ4v) is 11.4. The fourth-order valence-electron chi connectivity index (χ4n) is 9.38. The third-order valence-electron chi connectivity index (χ3n) is 13.8. The highest BCUT2D eigenvalue weighted by Gasteiger charge is 2.57. The zero-order valence-electron chi connectivity index (χ0n) is 43.8. The van der Waals surface area contributed by atoms with Crippen molar-refractivity contribution in [3.63, 3.8) is 0 Å². The van der Waals surface area contributed by atoms with Crippen molar-refractivity contribution in [1.29, 1.82) is 10.7 Å². The van der Waals surface area contributed by atoms with E-state index in [0.717, 1.165) is 23.5 Å². The third kappa shape index (κ3) is 16.3. The molecule has 12 unspecified atom stereocenters. The second kappa shape index (κ2) is 31.1. The molecule has 6 aliphatic heterocycles. The summed E-state index contributed by atoms with van der Waals surface area (Å²) < 4.78 is 62.7. The Kier molecular flexibility index (Phi) is 26.6. The zero-order valence-corrected chi connectivity index (χ0v) is 45.4. The van der Waals surface area contributed by atoms with E-state index in [0.29, 0.717) is 0 Å². The summed E-state index contributed by atoms with van der Waals surface area (Å²) in [7, 11) is 1.29. The Balaban J connectivity index is 0.000000294. The second-order valence-electron chi connectivity index (χ2n) is 19.5. The minimum Gasteiger partial charge on any atom is -0.484 e. The molecule has 30 atom stereocenters. The Morgan fingerprint density at radius 1 is 0.487 bits per heavy atom. The van der Waals surface area contributed by atoms with Gasteiger partial charge < -0.3 is 144 Å². The lowest BCUT2D eigenvalue weighted by Crippen LogP contribution is -2.69. The minimum absolute atomic E-state index is 0.0280. The van der Waals surface area contributed by atoms with Gasteiger partial charge in [0.2, 0.25) is 11.8 Å². The van der Waals surface area contributed by atoms with Crippen LogP contribution in [-0.4, -0.2) is 327 Å². The fraction of sp³-hybridized carbons (Fsp3) is 0.911. The largest absolute Gasteiger partial charge is 0.484 e. The van der Waals surface area contributed by atoms with Gasteiger partial charge >= 0.3 is 0 Å². The van der Waals surface area contributed by atoms with Gasteiger partial charge in [0.1, 0.15) is 133 Å². The molecule has 33 nitrogen and oxygen atoms in total. The van der Waals surface area contributed by atoms with Crippen molar-refractivity contribution in [2.75, 3.05) is 45.0 Å². The molecule has 6 saturated heterocycles. The first-order valence-electron chi connectivity index (χ1n) is 25.2. The van der Waals surface area contributed by atoms with Gasteiger partial charge in [-0.3, -0.25) is 15.0 Å². The minimum atomic E-state index is -1.84. The van der Waals surface area contributed by atoms with Gasteiger partial charge in [0.15, 0.2) is 31.1 Å². The highest BCUT2D eigenvalue weighted by atomic mass is 32.2. The lowest BCUT2D eigenvalue weighted by atomic mass is 9.95. The average molecular weight is 1200 g/mol. The molecule has 0 radical (unpaired) electrons. The average Bonchev–Trinajstić information content (AvgIpc) is 3.59. The van der Waals surface area contributed by atoms with Gasteiger partial charge in [-0.25, -0.2) is 0 Å². The number of rotatable bonds is 19. The van der Waals surface area contributed by atoms with E-state index in [-0.39, 0.29) is 17.4 Å². The quantitative estimate of drug-likeness (QED) is 0.0422. The van der Waals surface area contributed by atoms with Crippen molar-refractivity contribution in [2.45, 2.75) is 210 Å². The Hall–Kier alpha value is -2.44. The maximum Gasteiger partial charge on any atom is 0.217 e. The Labute approximate surface area is 465 Å². The molecule has 0 aromatic heterocycles. The van der Waals surface area contributed by atoms with E-state index in [2.05, 4.69) is 10.6 Å². The molecule has 6 fully saturated rings. The molecule has 19 N–H and O–H groups in total. The number of nitriles is 1. The molecule has 6 heterocycles. The van der Waals surface area contributed by atoms with Crippen LogP contribution in [0.25, 0.3) is 0 Å². The number of nitrogens with one attached hydrogen (secondary N) is 3. The van der Waals surface area contributed by atoms with Crippen LogP contribution in [0.1, 0.15) is 27.7 Å². The molecule has 6 rings (SSSR count). The van der Waals surface area contributed by atoms with Crippen LogP contribution in [0.4, 0.5) is 0 Å². The van der Waals surface area contributed by atoms with Gasteiger partial charge in [0, 0.05) is 13.8 Å². The molecule has 0 aromatic carbocycles. The number of aliphatic hydroxyl groups excluding tert-OH is 16. The molecule has 0 spiro atoms. The molecule has 80 heavy (non-hydrogen) atoms. The molecule has 0 saturated carbocycles. The second-order valence-corrected chi connectivity index (χ2v) is 21.6. The number of nitrogens with zero attached hydrogens (tertiary/aromatic N) is 1. The van der Waals surface area contributed by atoms with Crippen molar-refractivity contribution in [2.24, 2.45) is 0 Å². The Morgan fingerprint density at radius 2 is 0.812 bits per heavy atom. The van der Waals surface area contributed by atoms with Crippen molar-refractivity contribution < 1.29 is 143 Å². The zero-order chi connectivity index (χ0) is 59.6. The topological polar surface area (TPSA) is 531 Å². The number of hydrogen-bond acceptors (Lipinski definition) is 33. The molecule has 0 bridgehead atoms. The van der Waals surface area contributed by atoms with Crippen molar-refractivity contribution in [3.8, 4) is 6.07 Å². The van der Waals surface area contributed by atoms with E-state index < -0.39 is 221 Å². The highest BCUT2D eigenvalue weighted by Crippen LogP contribution is 2.39. The number of amides is 2. The van der Waals surface area contributed by atoms with Gasteiger partial charge in [0.05, 0.1) is 75.4 Å². The van der Waals surface area contributed by atoms with Gasteiger partial charge in [0.25, 0.3) is 0 Å². The van der Waals surface area contributed by atoms with Crippen molar-refractivity contribution >= 4 is 41.2 Å². The maximum absolute atomic E-state index is 12.3. The molecular formula is C45H76N4O29S2. The van der Waals surface area contributed by atoms with E-state index in [1.165, 1.54) is 34.8 Å². The van der Waals surface area contributed by atoms with Crippen LogP contribution >= 0.6 is 23.5 Å². The molecule has 0 aliphatic carbocycles. The first-order chi connectivity index (χ1) is 37.8. The summed E-state index contributed by atoms with van der Waals surface area (Å²) >= 11 is 1.96. The van der Waals surface area contributed by atoms with Gasteiger partial charge in [-0.1, -0.05) is 0 Å². The van der Waals surface area contributed by atoms with Crippen LogP contribution in [0, 0.1) is 16.7 Å². The third-order valence-corrected chi connectivity index (χ3v) is 16.0. The standard InChI is InChI=1S/C23H40N2O15S.C22H36N2O14S/c1-7-13(29)15(31)17(33)21(36-7)39-19-10(5-27)38-23(41-6-11(24)35-3)12(25-8(2)28)20(19)40-22-18(34)16(32)14(30)9(4-26)37-22;1-7-12(28)14(30)16(32)20(34-7)37-18-10(6-26)36-22(39-4-3-23)11(24-8(2)27)19(18)38-21-17(33)15(31)13(29)9(5-25)35-21/h7,9-10,12-24,26-27,29-34H,4-6H2,1-3H3,(H,25,28);7,9-22,25-26,28-33H,4-6H2,1-2H3,(H,24,27)/t7?,9-,10-,12?,13+,14-,15-,16?,17?,18?,19+,20?,21-,22-,23-;7?,9-,10-,11?,12+,13-,14-,15?,16?,17?,18+,19?,20-,21-,22-/m00/s1. The number of carbonyl (C=O) groups is 2. The predicted molar refractivity (Wildman–Crippen MR) is 264 cm³/mol. The van der Waals surface area contributed by atoms with E-state index in [9.17, 15) is 91.3 Å². The summed E-state index contributed by atoms with van der Waals surface area (Å²) in [4.78, 5) is 24.4. The summed E-state index contributed by atoms with van der Waals surface area (Å²) in [6.07, 6.45) is -39.7. The van der Waals surface area contributed by atoms with Crippen molar-refractivity contribution in [3.05, 3.63) is 0 Å². The summed E-state index contributed by atoms with van der Waals surface area (Å²) in [5.41, 5.74) is -2.03. The maximum atomic E-state index is 12.3. The molecule has 462 valence electrons. The van der Waals surface area contributed by atoms with Gasteiger partial charge in [-0.15, -0.1) is 23.5 Å². The van der Waals surface area contributed by atoms with Crippen LogP contribution in [0.3, 0.4) is 0 Å². The number of thioether (sulfide) groups is 2. The van der Waals surface area contributed by atoms with Crippen LogP contribution < -0.4 is 10.6 Å². The monoisotopic (exact) mass is 1200 g/mol. The number of hydrogen-bond donors (Lipinski definition) is 19. The lowest BCUT2D eigenvalue weighted by molar-refractivity contribution is -0.357. The first kappa shape index (κ1) is 68.3. The summed E-state index contributed by atoms with van der Waals surface area (Å²) in [6, 6.07) is -0.377. The van der Waals surface area contributed by atoms with Gasteiger partial charge in [-0.05, 0) is 13.8 Å². The number of methoxy groups -OCH3 is 1. The highest BCUT2D eigenvalue weighted by molar-refractivity contribution is 8.00. The Morgan fingerprint density at radius 3 is 1.14 bits per heavy atom. The number of aliphatic hydroxyl groups is 16. The smallest absolute Gasteiger partial charge is 0.217 e. The van der Waals surface area contributed by atoms with E-state index >= 15 is 0 Å². The summed E-state index contributed by atoms with van der Waals surface area (Å²) in [5.74, 6) is -1.37. The Bertz CT molecular complexity index is 1990. The molecule has 2 amide bonds. The first-order valence-corrected chi connectivity index (χ1v) is 27.3. The number of carbonyl (C=O) groups excluding carboxylic acids is 2. The number of ether oxygens (including phenoxy) is 11. The molecule has 35 heteroatoms. The summed E-state index contributed by atoms with van der Waals surface area (Å²) in [6.45, 7) is 2.36. The lowest BCUT2D eigenvalue weighted by Gasteiger charge is -2.50.